The summed E-state index contributed by atoms with van der Waals surface area (Å²) in [6, 6.07) is 5.39. The first-order valence-corrected chi connectivity index (χ1v) is 9.16. The molecule has 1 aromatic rings. The van der Waals surface area contributed by atoms with Crippen molar-refractivity contribution in [3.05, 3.63) is 24.3 Å². The number of nitrogens with two attached hydrogens (primary N) is 1. The lowest BCUT2D eigenvalue weighted by Gasteiger charge is -2.20. The summed E-state index contributed by atoms with van der Waals surface area (Å²) in [5.41, 5.74) is 6.36. The summed E-state index contributed by atoms with van der Waals surface area (Å²) >= 11 is 0. The van der Waals surface area contributed by atoms with Crippen LogP contribution in [0.4, 0.5) is 18.9 Å². The number of anilines is 1. The zero-order valence-electron chi connectivity index (χ0n) is 15.4. The molecule has 0 bridgehead atoms. The molecule has 4 N–H and O–H groups in total. The lowest BCUT2D eigenvalue weighted by molar-refractivity contribution is -0.274. The first-order chi connectivity index (χ1) is 12.9. The van der Waals surface area contributed by atoms with Crippen LogP contribution in [0.15, 0.2) is 34.3 Å². The summed E-state index contributed by atoms with van der Waals surface area (Å²) < 4.78 is 40.4. The van der Waals surface area contributed by atoms with Crippen molar-refractivity contribution in [1.29, 1.82) is 0 Å². The molecule has 0 aliphatic carbocycles. The van der Waals surface area contributed by atoms with E-state index in [2.05, 4.69) is 32.3 Å². The van der Waals surface area contributed by atoms with Gasteiger partial charge in [0.1, 0.15) is 11.9 Å². The van der Waals surface area contributed by atoms with E-state index in [9.17, 15) is 13.2 Å². The SMILES string of the molecule is CCCCCCCCC1N=C(N)NC(Nc2ccc(OC(F)(F)F)cc2)=N1. The van der Waals surface area contributed by atoms with Gasteiger partial charge in [0.05, 0.1) is 0 Å². The first-order valence-electron chi connectivity index (χ1n) is 9.16. The van der Waals surface area contributed by atoms with Crippen LogP contribution < -0.4 is 21.1 Å². The van der Waals surface area contributed by atoms with Gasteiger partial charge in [-0.05, 0) is 37.1 Å². The predicted molar refractivity (Wildman–Crippen MR) is 101 cm³/mol. The zero-order valence-corrected chi connectivity index (χ0v) is 15.4. The molecule has 1 heterocycles. The highest BCUT2D eigenvalue weighted by molar-refractivity contribution is 6.05. The van der Waals surface area contributed by atoms with E-state index in [1.165, 1.54) is 49.9 Å². The van der Waals surface area contributed by atoms with E-state index in [1.54, 1.807) is 0 Å². The summed E-state index contributed by atoms with van der Waals surface area (Å²) in [6.07, 6.45) is 2.93. The maximum absolute atomic E-state index is 12.2. The van der Waals surface area contributed by atoms with Crippen molar-refractivity contribution in [3.8, 4) is 5.75 Å². The van der Waals surface area contributed by atoms with E-state index in [-0.39, 0.29) is 17.9 Å². The van der Waals surface area contributed by atoms with E-state index in [4.69, 9.17) is 5.73 Å². The highest BCUT2D eigenvalue weighted by Gasteiger charge is 2.31. The lowest BCUT2D eigenvalue weighted by Crippen LogP contribution is -2.45. The van der Waals surface area contributed by atoms with Gasteiger partial charge < -0.3 is 15.8 Å². The van der Waals surface area contributed by atoms with Crippen molar-refractivity contribution in [2.75, 3.05) is 5.32 Å². The minimum Gasteiger partial charge on any atom is -0.406 e. The lowest BCUT2D eigenvalue weighted by atomic mass is 10.1. The van der Waals surface area contributed by atoms with Gasteiger partial charge in [-0.3, -0.25) is 5.32 Å². The number of unbranched alkanes of at least 4 members (excludes halogenated alkanes) is 5. The average Bonchev–Trinajstić information content (AvgIpc) is 2.58. The molecular formula is C18H26F3N5O. The highest BCUT2D eigenvalue weighted by atomic mass is 19.4. The smallest absolute Gasteiger partial charge is 0.406 e. The fourth-order valence-corrected chi connectivity index (χ4v) is 2.70. The number of hydrogen-bond acceptors (Lipinski definition) is 6. The number of benzene rings is 1. The fraction of sp³-hybridized carbons (Fsp3) is 0.556. The van der Waals surface area contributed by atoms with Gasteiger partial charge in [0, 0.05) is 5.69 Å². The highest BCUT2D eigenvalue weighted by Crippen LogP contribution is 2.24. The Hall–Kier alpha value is -2.45. The van der Waals surface area contributed by atoms with Crippen LogP contribution in [-0.2, 0) is 0 Å². The number of aliphatic imine (C=N–C) groups is 2. The second kappa shape index (κ2) is 10.0. The van der Waals surface area contributed by atoms with E-state index in [1.807, 2.05) is 0 Å². The van der Waals surface area contributed by atoms with Crippen LogP contribution in [0.2, 0.25) is 0 Å². The van der Waals surface area contributed by atoms with E-state index in [0.29, 0.717) is 11.6 Å². The summed E-state index contributed by atoms with van der Waals surface area (Å²) in [5, 5.41) is 5.81. The van der Waals surface area contributed by atoms with Gasteiger partial charge in [0.15, 0.2) is 5.96 Å². The Bertz CT molecular complexity index is 643. The Morgan fingerprint density at radius 1 is 1.07 bits per heavy atom. The molecule has 1 atom stereocenters. The number of alkyl halides is 3. The molecule has 0 saturated carbocycles. The summed E-state index contributed by atoms with van der Waals surface area (Å²) in [7, 11) is 0. The van der Waals surface area contributed by atoms with Crippen LogP contribution in [0, 0.1) is 0 Å². The molecule has 0 fully saturated rings. The molecule has 1 unspecified atom stereocenters. The topological polar surface area (TPSA) is 84.0 Å². The number of hydrogen-bond donors (Lipinski definition) is 3. The number of guanidine groups is 2. The number of nitrogens with one attached hydrogen (secondary N) is 2. The van der Waals surface area contributed by atoms with Crippen LogP contribution in [-0.4, -0.2) is 24.4 Å². The number of nitrogens with zero attached hydrogens (tertiary/aromatic N) is 2. The molecule has 0 spiro atoms. The molecule has 2 rings (SSSR count). The molecule has 1 aliphatic heterocycles. The minimum atomic E-state index is -4.71. The van der Waals surface area contributed by atoms with Crippen molar-refractivity contribution in [3.63, 3.8) is 0 Å². The van der Waals surface area contributed by atoms with Gasteiger partial charge >= 0.3 is 6.36 Å². The van der Waals surface area contributed by atoms with Crippen LogP contribution >= 0.6 is 0 Å². The molecule has 1 aliphatic rings. The van der Waals surface area contributed by atoms with E-state index in [0.717, 1.165) is 19.3 Å². The van der Waals surface area contributed by atoms with Crippen LogP contribution in [0.1, 0.15) is 51.9 Å². The largest absolute Gasteiger partial charge is 0.573 e. The number of ether oxygens (including phenoxy) is 1. The quantitative estimate of drug-likeness (QED) is 0.552. The molecule has 0 saturated heterocycles. The maximum Gasteiger partial charge on any atom is 0.573 e. The molecule has 150 valence electrons. The molecule has 0 amide bonds. The zero-order chi connectivity index (χ0) is 19.7. The Balaban J connectivity index is 1.85. The summed E-state index contributed by atoms with van der Waals surface area (Å²) in [5.74, 6) is 0.400. The second-order valence-corrected chi connectivity index (χ2v) is 6.35. The van der Waals surface area contributed by atoms with E-state index >= 15 is 0 Å². The number of halogens is 3. The second-order valence-electron chi connectivity index (χ2n) is 6.35. The van der Waals surface area contributed by atoms with Gasteiger partial charge in [-0.15, -0.1) is 13.2 Å². The molecule has 9 heteroatoms. The van der Waals surface area contributed by atoms with Gasteiger partial charge in [0.2, 0.25) is 5.96 Å². The number of rotatable bonds is 9. The van der Waals surface area contributed by atoms with Crippen molar-refractivity contribution >= 4 is 17.6 Å². The van der Waals surface area contributed by atoms with Crippen LogP contribution in [0.25, 0.3) is 0 Å². The molecule has 0 aromatic heterocycles. The molecule has 6 nitrogen and oxygen atoms in total. The third-order valence-corrected chi connectivity index (χ3v) is 3.98. The molecular weight excluding hydrogens is 359 g/mol. The normalized spacial score (nSPS) is 17.0. The third kappa shape index (κ3) is 8.19. The predicted octanol–water partition coefficient (Wildman–Crippen LogP) is 4.35. The maximum atomic E-state index is 12.2. The first kappa shape index (κ1) is 20.9. The van der Waals surface area contributed by atoms with Crippen LogP contribution in [0.5, 0.6) is 5.75 Å². The molecule has 27 heavy (non-hydrogen) atoms. The Morgan fingerprint density at radius 2 is 1.74 bits per heavy atom. The van der Waals surface area contributed by atoms with Crippen molar-refractivity contribution in [2.45, 2.75) is 64.4 Å². The summed E-state index contributed by atoms with van der Waals surface area (Å²) in [6.45, 7) is 2.19. The van der Waals surface area contributed by atoms with Gasteiger partial charge in [-0.2, -0.15) is 0 Å². The monoisotopic (exact) mass is 385 g/mol. The van der Waals surface area contributed by atoms with Crippen molar-refractivity contribution in [2.24, 2.45) is 15.7 Å². The van der Waals surface area contributed by atoms with Crippen molar-refractivity contribution in [1.82, 2.24) is 5.32 Å². The van der Waals surface area contributed by atoms with Gasteiger partial charge in [-0.1, -0.05) is 39.0 Å². The van der Waals surface area contributed by atoms with Crippen LogP contribution in [0.3, 0.4) is 0 Å². The fourth-order valence-electron chi connectivity index (χ4n) is 2.70. The van der Waals surface area contributed by atoms with E-state index < -0.39 is 6.36 Å². The molecule has 1 aromatic carbocycles. The average molecular weight is 385 g/mol. The minimum absolute atomic E-state index is 0.257. The van der Waals surface area contributed by atoms with Gasteiger partial charge in [-0.25, -0.2) is 9.98 Å². The van der Waals surface area contributed by atoms with Gasteiger partial charge in [0.25, 0.3) is 0 Å². The standard InChI is InChI=1S/C18H26F3N5O/c1-2-3-4-5-6-7-8-15-24-16(22)26-17(25-15)23-13-9-11-14(12-10-13)27-18(19,20)21/h9-12,15H,2-8H2,1H3,(H4,22,23,24,25,26). The van der Waals surface area contributed by atoms with Crippen molar-refractivity contribution < 1.29 is 17.9 Å². The Labute approximate surface area is 157 Å². The Morgan fingerprint density at radius 3 is 2.41 bits per heavy atom. The third-order valence-electron chi connectivity index (χ3n) is 3.98. The molecule has 0 radical (unpaired) electrons. The Kier molecular flexibility index (Phi) is 7.75. The summed E-state index contributed by atoms with van der Waals surface area (Å²) in [4.78, 5) is 8.73.